The van der Waals surface area contributed by atoms with Gasteiger partial charge in [-0.3, -0.25) is 10.1 Å². The minimum atomic E-state index is -0.728. The molecule has 2 rings (SSSR count). The number of hydrogen-bond donors (Lipinski definition) is 0. The summed E-state index contributed by atoms with van der Waals surface area (Å²) in [4.78, 5) is 17.6. The molecule has 8 heteroatoms. The molecule has 0 atom stereocenters. The number of nitro benzene ring substituents is 1. The van der Waals surface area contributed by atoms with Gasteiger partial charge >= 0.3 is 5.69 Å². The molecular formula is C10H5BrFN3O3. The summed E-state index contributed by atoms with van der Waals surface area (Å²) in [5, 5.41) is 10.7. The van der Waals surface area contributed by atoms with Gasteiger partial charge in [-0.05, 0) is 28.1 Å². The summed E-state index contributed by atoms with van der Waals surface area (Å²) in [5.41, 5.74) is -0.468. The maximum atomic E-state index is 12.9. The number of nitro groups is 1. The van der Waals surface area contributed by atoms with E-state index in [1.807, 2.05) is 0 Å². The van der Waals surface area contributed by atoms with E-state index < -0.39 is 16.4 Å². The highest BCUT2D eigenvalue weighted by Crippen LogP contribution is 2.31. The standard InChI is InChI=1S/C10H5BrFN3O3/c11-9-4-10(14-5-13-9)18-8-2-1-6(12)3-7(8)15(16)17/h1-5H. The lowest BCUT2D eigenvalue weighted by Gasteiger charge is -2.05. The van der Waals surface area contributed by atoms with E-state index in [1.165, 1.54) is 18.5 Å². The monoisotopic (exact) mass is 313 g/mol. The third-order valence-corrected chi connectivity index (χ3v) is 2.37. The predicted molar refractivity (Wildman–Crippen MR) is 62.9 cm³/mol. The Morgan fingerprint density at radius 2 is 2.11 bits per heavy atom. The quantitative estimate of drug-likeness (QED) is 0.494. The number of nitrogens with zero attached hydrogens (tertiary/aromatic N) is 3. The third kappa shape index (κ3) is 2.77. The summed E-state index contributed by atoms with van der Waals surface area (Å²) in [6.07, 6.45) is 1.23. The van der Waals surface area contributed by atoms with Crippen molar-refractivity contribution in [1.29, 1.82) is 0 Å². The maximum absolute atomic E-state index is 12.9. The number of ether oxygens (including phenoxy) is 1. The van der Waals surface area contributed by atoms with Crippen molar-refractivity contribution >= 4 is 21.6 Å². The molecule has 1 heterocycles. The van der Waals surface area contributed by atoms with Crippen LogP contribution in [0.1, 0.15) is 0 Å². The first-order chi connectivity index (χ1) is 8.56. The lowest BCUT2D eigenvalue weighted by atomic mass is 10.3. The van der Waals surface area contributed by atoms with Gasteiger partial charge < -0.3 is 4.74 Å². The fraction of sp³-hybridized carbons (Fsp3) is 0. The minimum absolute atomic E-state index is 0.0907. The fourth-order valence-electron chi connectivity index (χ4n) is 1.21. The molecule has 0 fully saturated rings. The first-order valence-electron chi connectivity index (χ1n) is 4.65. The van der Waals surface area contributed by atoms with E-state index in [0.717, 1.165) is 12.1 Å². The van der Waals surface area contributed by atoms with Crippen LogP contribution >= 0.6 is 15.9 Å². The molecule has 0 bridgehead atoms. The molecule has 6 nitrogen and oxygen atoms in total. The number of hydrogen-bond acceptors (Lipinski definition) is 5. The lowest BCUT2D eigenvalue weighted by Crippen LogP contribution is -1.95. The van der Waals surface area contributed by atoms with Crippen LogP contribution in [0.2, 0.25) is 0 Å². The van der Waals surface area contributed by atoms with Crippen LogP contribution in [-0.2, 0) is 0 Å². The van der Waals surface area contributed by atoms with Crippen LogP contribution in [0.15, 0.2) is 35.2 Å². The molecule has 0 N–H and O–H groups in total. The summed E-state index contributed by atoms with van der Waals surface area (Å²) in [6, 6.07) is 4.46. The Morgan fingerprint density at radius 1 is 1.33 bits per heavy atom. The Morgan fingerprint density at radius 3 is 2.78 bits per heavy atom. The van der Waals surface area contributed by atoms with Gasteiger partial charge in [0.2, 0.25) is 11.6 Å². The van der Waals surface area contributed by atoms with Crippen molar-refractivity contribution in [2.75, 3.05) is 0 Å². The van der Waals surface area contributed by atoms with Gasteiger partial charge in [0.1, 0.15) is 16.7 Å². The molecule has 0 saturated carbocycles. The summed E-state index contributed by atoms with van der Waals surface area (Å²) in [6.45, 7) is 0. The molecule has 0 aliphatic carbocycles. The second-order valence-electron chi connectivity index (χ2n) is 3.15. The van der Waals surface area contributed by atoms with Crippen LogP contribution in [0.25, 0.3) is 0 Å². The SMILES string of the molecule is O=[N+]([O-])c1cc(F)ccc1Oc1cc(Br)ncn1. The average molecular weight is 314 g/mol. The van der Waals surface area contributed by atoms with E-state index in [4.69, 9.17) is 4.74 Å². The van der Waals surface area contributed by atoms with Gasteiger partial charge in [0.15, 0.2) is 0 Å². The zero-order valence-corrected chi connectivity index (χ0v) is 10.3. The van der Waals surface area contributed by atoms with Gasteiger partial charge in [0, 0.05) is 6.07 Å². The molecule has 0 spiro atoms. The fourth-order valence-corrected chi connectivity index (χ4v) is 1.49. The van der Waals surface area contributed by atoms with Gasteiger partial charge in [-0.1, -0.05) is 0 Å². The summed E-state index contributed by atoms with van der Waals surface area (Å²) < 4.78 is 18.6. The van der Waals surface area contributed by atoms with E-state index >= 15 is 0 Å². The Bertz CT molecular complexity index is 609. The number of rotatable bonds is 3. The van der Waals surface area contributed by atoms with Gasteiger partial charge in [-0.15, -0.1) is 0 Å². The summed E-state index contributed by atoms with van der Waals surface area (Å²) in [7, 11) is 0. The molecular weight excluding hydrogens is 309 g/mol. The second kappa shape index (κ2) is 5.05. The highest BCUT2D eigenvalue weighted by Gasteiger charge is 2.17. The predicted octanol–water partition coefficient (Wildman–Crippen LogP) is 3.08. The normalized spacial score (nSPS) is 10.1. The molecule has 0 radical (unpaired) electrons. The molecule has 18 heavy (non-hydrogen) atoms. The van der Waals surface area contributed by atoms with Crippen LogP contribution < -0.4 is 4.74 Å². The van der Waals surface area contributed by atoms with Gasteiger partial charge in [-0.25, -0.2) is 14.4 Å². The number of aromatic nitrogens is 2. The van der Waals surface area contributed by atoms with Crippen LogP contribution in [0.4, 0.5) is 10.1 Å². The molecule has 2 aromatic rings. The Kier molecular flexibility index (Phi) is 3.47. The van der Waals surface area contributed by atoms with Crippen LogP contribution in [-0.4, -0.2) is 14.9 Å². The Hall–Kier alpha value is -2.09. The van der Waals surface area contributed by atoms with E-state index in [-0.39, 0.29) is 11.6 Å². The van der Waals surface area contributed by atoms with Crippen molar-refractivity contribution < 1.29 is 14.1 Å². The summed E-state index contributed by atoms with van der Waals surface area (Å²) in [5.74, 6) is -0.684. The van der Waals surface area contributed by atoms with E-state index in [2.05, 4.69) is 25.9 Å². The lowest BCUT2D eigenvalue weighted by molar-refractivity contribution is -0.385. The van der Waals surface area contributed by atoms with Crippen LogP contribution in [0.3, 0.4) is 0 Å². The zero-order valence-electron chi connectivity index (χ0n) is 8.71. The molecule has 0 aliphatic heterocycles. The first-order valence-corrected chi connectivity index (χ1v) is 5.45. The van der Waals surface area contributed by atoms with Crippen molar-refractivity contribution in [2.45, 2.75) is 0 Å². The molecule has 92 valence electrons. The molecule has 0 amide bonds. The van der Waals surface area contributed by atoms with Crippen molar-refractivity contribution in [3.63, 3.8) is 0 Å². The van der Waals surface area contributed by atoms with E-state index in [0.29, 0.717) is 4.60 Å². The van der Waals surface area contributed by atoms with Crippen molar-refractivity contribution in [3.8, 4) is 11.6 Å². The second-order valence-corrected chi connectivity index (χ2v) is 3.96. The van der Waals surface area contributed by atoms with Gasteiger partial charge in [-0.2, -0.15) is 0 Å². The molecule has 0 aliphatic rings. The van der Waals surface area contributed by atoms with Crippen LogP contribution in [0.5, 0.6) is 11.6 Å². The Labute approximate surface area is 109 Å². The van der Waals surface area contributed by atoms with Crippen LogP contribution in [0, 0.1) is 15.9 Å². The average Bonchev–Trinajstić information content (AvgIpc) is 2.31. The highest BCUT2D eigenvalue weighted by molar-refractivity contribution is 9.10. The largest absolute Gasteiger partial charge is 0.432 e. The highest BCUT2D eigenvalue weighted by atomic mass is 79.9. The summed E-state index contributed by atoms with van der Waals surface area (Å²) >= 11 is 3.11. The molecule has 0 saturated heterocycles. The number of benzene rings is 1. The maximum Gasteiger partial charge on any atom is 0.314 e. The van der Waals surface area contributed by atoms with Crippen molar-refractivity contribution in [2.24, 2.45) is 0 Å². The molecule has 1 aromatic heterocycles. The Balaban J connectivity index is 2.37. The van der Waals surface area contributed by atoms with Gasteiger partial charge in [0.05, 0.1) is 11.0 Å². The van der Waals surface area contributed by atoms with Crippen molar-refractivity contribution in [3.05, 3.63) is 51.1 Å². The first kappa shape index (κ1) is 12.4. The van der Waals surface area contributed by atoms with Gasteiger partial charge in [0.25, 0.3) is 0 Å². The number of halogens is 2. The molecule has 0 unspecified atom stereocenters. The topological polar surface area (TPSA) is 78.2 Å². The zero-order chi connectivity index (χ0) is 13.1. The third-order valence-electron chi connectivity index (χ3n) is 1.94. The van der Waals surface area contributed by atoms with Crippen molar-refractivity contribution in [1.82, 2.24) is 9.97 Å². The molecule has 1 aromatic carbocycles. The van der Waals surface area contributed by atoms with E-state index in [1.54, 1.807) is 0 Å². The minimum Gasteiger partial charge on any atom is -0.432 e. The van der Waals surface area contributed by atoms with E-state index in [9.17, 15) is 14.5 Å². The smallest absolute Gasteiger partial charge is 0.314 e.